The zero-order valence-electron chi connectivity index (χ0n) is 7.27. The van der Waals surface area contributed by atoms with Crippen LogP contribution < -0.4 is 0 Å². The molecule has 1 aromatic heterocycles. The van der Waals surface area contributed by atoms with Crippen LogP contribution in [0.3, 0.4) is 0 Å². The molecule has 0 bridgehead atoms. The normalized spacial score (nSPS) is 10.4. The molecule has 0 atom stereocenters. The van der Waals surface area contributed by atoms with Gasteiger partial charge in [-0.3, -0.25) is 0 Å². The lowest BCUT2D eigenvalue weighted by molar-refractivity contribution is 0.248. The lowest BCUT2D eigenvalue weighted by atomic mass is 10.2. The van der Waals surface area contributed by atoms with Crippen LogP contribution in [0.25, 0.3) is 11.5 Å². The van der Waals surface area contributed by atoms with E-state index in [0.29, 0.717) is 11.7 Å². The maximum absolute atomic E-state index is 8.82. The molecule has 2 rings (SSSR count). The molecule has 1 aromatic carbocycles. The van der Waals surface area contributed by atoms with E-state index in [0.717, 1.165) is 10.0 Å². The van der Waals surface area contributed by atoms with Crippen molar-refractivity contribution in [3.8, 4) is 11.5 Å². The molecule has 0 aliphatic carbocycles. The molecule has 72 valence electrons. The first-order valence-electron chi connectivity index (χ1n) is 4.11. The number of oxazole rings is 1. The summed E-state index contributed by atoms with van der Waals surface area (Å²) in [7, 11) is 0. The summed E-state index contributed by atoms with van der Waals surface area (Å²) in [5, 5.41) is 8.82. The fraction of sp³-hybridized carbons (Fsp3) is 0.100. The van der Waals surface area contributed by atoms with Crippen LogP contribution >= 0.6 is 15.9 Å². The minimum atomic E-state index is -0.128. The third-order valence-corrected chi connectivity index (χ3v) is 2.51. The van der Waals surface area contributed by atoms with Crippen molar-refractivity contribution in [3.63, 3.8) is 0 Å². The van der Waals surface area contributed by atoms with Gasteiger partial charge in [-0.2, -0.15) is 0 Å². The number of benzene rings is 1. The fourth-order valence-corrected chi connectivity index (χ4v) is 1.59. The van der Waals surface area contributed by atoms with Gasteiger partial charge >= 0.3 is 0 Å². The van der Waals surface area contributed by atoms with Crippen molar-refractivity contribution in [1.29, 1.82) is 0 Å². The van der Waals surface area contributed by atoms with Gasteiger partial charge in [-0.15, -0.1) is 0 Å². The summed E-state index contributed by atoms with van der Waals surface area (Å²) < 4.78 is 6.23. The Bertz CT molecular complexity index is 439. The molecule has 0 saturated carbocycles. The first-order chi connectivity index (χ1) is 6.81. The van der Waals surface area contributed by atoms with E-state index < -0.39 is 0 Å². The Morgan fingerprint density at radius 1 is 1.36 bits per heavy atom. The third-order valence-electron chi connectivity index (χ3n) is 1.81. The monoisotopic (exact) mass is 253 g/mol. The topological polar surface area (TPSA) is 46.3 Å². The van der Waals surface area contributed by atoms with Crippen LogP contribution in [0.5, 0.6) is 0 Å². The molecule has 4 heteroatoms. The number of aliphatic hydroxyl groups excluding tert-OH is 1. The van der Waals surface area contributed by atoms with Crippen LogP contribution in [0.1, 0.15) is 5.76 Å². The average Bonchev–Trinajstić information content (AvgIpc) is 2.67. The van der Waals surface area contributed by atoms with Gasteiger partial charge in [0.15, 0.2) is 0 Å². The molecular weight excluding hydrogens is 246 g/mol. The van der Waals surface area contributed by atoms with E-state index in [1.807, 2.05) is 24.3 Å². The Morgan fingerprint density at radius 3 is 2.79 bits per heavy atom. The second kappa shape index (κ2) is 3.94. The number of halogens is 1. The number of aromatic nitrogens is 1. The van der Waals surface area contributed by atoms with Gasteiger partial charge in [-0.05, 0) is 28.1 Å². The summed E-state index contributed by atoms with van der Waals surface area (Å²) >= 11 is 3.40. The number of hydrogen-bond donors (Lipinski definition) is 1. The van der Waals surface area contributed by atoms with Crippen molar-refractivity contribution >= 4 is 15.9 Å². The van der Waals surface area contributed by atoms with Gasteiger partial charge < -0.3 is 9.52 Å². The summed E-state index contributed by atoms with van der Waals surface area (Å²) in [6, 6.07) is 7.64. The lowest BCUT2D eigenvalue weighted by Gasteiger charge is -1.97. The van der Waals surface area contributed by atoms with Crippen molar-refractivity contribution in [2.45, 2.75) is 6.61 Å². The van der Waals surface area contributed by atoms with Crippen LogP contribution in [0.4, 0.5) is 0 Å². The number of rotatable bonds is 2. The highest BCUT2D eigenvalue weighted by Crippen LogP contribution is 2.27. The molecule has 0 aliphatic rings. The predicted octanol–water partition coefficient (Wildman–Crippen LogP) is 2.60. The van der Waals surface area contributed by atoms with Crippen LogP contribution in [-0.4, -0.2) is 10.1 Å². The molecule has 0 fully saturated rings. The SMILES string of the molecule is OCc1cnc(-c2ccccc2Br)o1. The number of hydrogen-bond acceptors (Lipinski definition) is 3. The Morgan fingerprint density at radius 2 is 2.14 bits per heavy atom. The Labute approximate surface area is 89.5 Å². The standard InChI is InChI=1S/C10H8BrNO2/c11-9-4-2-1-3-8(9)10-12-5-7(6-13)14-10/h1-5,13H,6H2. The molecule has 1 heterocycles. The molecular formula is C10H8BrNO2. The fourth-order valence-electron chi connectivity index (χ4n) is 1.14. The molecule has 14 heavy (non-hydrogen) atoms. The van der Waals surface area contributed by atoms with Crippen molar-refractivity contribution in [1.82, 2.24) is 4.98 Å². The van der Waals surface area contributed by atoms with E-state index in [4.69, 9.17) is 9.52 Å². The first kappa shape index (κ1) is 9.43. The van der Waals surface area contributed by atoms with Crippen LogP contribution in [0.2, 0.25) is 0 Å². The van der Waals surface area contributed by atoms with E-state index in [-0.39, 0.29) is 6.61 Å². The molecule has 0 spiro atoms. The van der Waals surface area contributed by atoms with Crippen LogP contribution in [0, 0.1) is 0 Å². The third kappa shape index (κ3) is 1.71. The van der Waals surface area contributed by atoms with E-state index in [1.54, 1.807) is 0 Å². The molecule has 0 amide bonds. The van der Waals surface area contributed by atoms with E-state index in [9.17, 15) is 0 Å². The predicted molar refractivity (Wildman–Crippen MR) is 55.6 cm³/mol. The van der Waals surface area contributed by atoms with Gasteiger partial charge in [0.05, 0.1) is 11.8 Å². The maximum Gasteiger partial charge on any atom is 0.227 e. The zero-order chi connectivity index (χ0) is 9.97. The molecule has 3 nitrogen and oxygen atoms in total. The molecule has 0 radical (unpaired) electrons. The number of nitrogens with zero attached hydrogens (tertiary/aromatic N) is 1. The molecule has 0 unspecified atom stereocenters. The lowest BCUT2D eigenvalue weighted by Crippen LogP contribution is -1.78. The van der Waals surface area contributed by atoms with E-state index in [1.165, 1.54) is 6.20 Å². The summed E-state index contributed by atoms with van der Waals surface area (Å²) in [5.41, 5.74) is 0.882. The van der Waals surface area contributed by atoms with E-state index >= 15 is 0 Å². The van der Waals surface area contributed by atoms with Crippen molar-refractivity contribution in [2.75, 3.05) is 0 Å². The summed E-state index contributed by atoms with van der Waals surface area (Å²) in [6.45, 7) is -0.128. The van der Waals surface area contributed by atoms with Crippen LogP contribution in [-0.2, 0) is 6.61 Å². The largest absolute Gasteiger partial charge is 0.439 e. The second-order valence-electron chi connectivity index (χ2n) is 2.77. The minimum Gasteiger partial charge on any atom is -0.439 e. The quantitative estimate of drug-likeness (QED) is 0.895. The van der Waals surface area contributed by atoms with Gasteiger partial charge in [-0.1, -0.05) is 12.1 Å². The smallest absolute Gasteiger partial charge is 0.227 e. The van der Waals surface area contributed by atoms with Crippen molar-refractivity contribution < 1.29 is 9.52 Å². The first-order valence-corrected chi connectivity index (χ1v) is 4.91. The Balaban J connectivity index is 2.44. The highest BCUT2D eigenvalue weighted by molar-refractivity contribution is 9.10. The molecule has 2 aromatic rings. The minimum absolute atomic E-state index is 0.128. The Kier molecular flexibility index (Phi) is 2.65. The highest BCUT2D eigenvalue weighted by Gasteiger charge is 2.08. The summed E-state index contributed by atoms with van der Waals surface area (Å²) in [5.74, 6) is 0.984. The molecule has 1 N–H and O–H groups in total. The van der Waals surface area contributed by atoms with Gasteiger partial charge in [0.25, 0.3) is 0 Å². The van der Waals surface area contributed by atoms with Gasteiger partial charge in [0, 0.05) is 4.47 Å². The average molecular weight is 254 g/mol. The van der Waals surface area contributed by atoms with Crippen molar-refractivity contribution in [3.05, 3.63) is 40.7 Å². The van der Waals surface area contributed by atoms with Gasteiger partial charge in [-0.25, -0.2) is 4.98 Å². The van der Waals surface area contributed by atoms with Gasteiger partial charge in [0.1, 0.15) is 12.4 Å². The maximum atomic E-state index is 8.82. The van der Waals surface area contributed by atoms with Crippen molar-refractivity contribution in [2.24, 2.45) is 0 Å². The molecule has 0 aliphatic heterocycles. The number of aliphatic hydroxyl groups is 1. The second-order valence-corrected chi connectivity index (χ2v) is 3.62. The zero-order valence-corrected chi connectivity index (χ0v) is 8.86. The van der Waals surface area contributed by atoms with Crippen LogP contribution in [0.15, 0.2) is 39.4 Å². The molecule has 0 saturated heterocycles. The summed E-state index contributed by atoms with van der Waals surface area (Å²) in [6.07, 6.45) is 1.52. The Hall–Kier alpha value is -1.13. The highest BCUT2D eigenvalue weighted by atomic mass is 79.9. The summed E-state index contributed by atoms with van der Waals surface area (Å²) in [4.78, 5) is 4.06. The van der Waals surface area contributed by atoms with E-state index in [2.05, 4.69) is 20.9 Å². The van der Waals surface area contributed by atoms with Gasteiger partial charge in [0.2, 0.25) is 5.89 Å².